The zero-order chi connectivity index (χ0) is 17.7. The average Bonchev–Trinajstić information content (AvgIpc) is 3.27. The summed E-state index contributed by atoms with van der Waals surface area (Å²) in [6, 6.07) is 13.8. The zero-order valence-electron chi connectivity index (χ0n) is 13.2. The fourth-order valence-corrected chi connectivity index (χ4v) is 3.16. The van der Waals surface area contributed by atoms with Gasteiger partial charge in [0.15, 0.2) is 11.3 Å². The summed E-state index contributed by atoms with van der Waals surface area (Å²) in [6.07, 6.45) is 3.52. The number of hydrogen-bond acceptors (Lipinski definition) is 4. The topological polar surface area (TPSA) is 60.9 Å². The molecule has 0 spiro atoms. The summed E-state index contributed by atoms with van der Waals surface area (Å²) in [7, 11) is 0. The maximum absolute atomic E-state index is 13.4. The number of fused-ring (bicyclic) bond motifs is 3. The second kappa shape index (κ2) is 5.60. The van der Waals surface area contributed by atoms with E-state index in [9.17, 15) is 4.39 Å². The average molecular weight is 365 g/mol. The van der Waals surface area contributed by atoms with Gasteiger partial charge in [-0.1, -0.05) is 23.7 Å². The lowest BCUT2D eigenvalue weighted by molar-refractivity contribution is 0.628. The number of rotatable bonds is 2. The van der Waals surface area contributed by atoms with Crippen LogP contribution in [0.5, 0.6) is 0 Å². The largest absolute Gasteiger partial charge is 0.301 e. The molecular weight excluding hydrogens is 355 g/mol. The Kier molecular flexibility index (Phi) is 3.23. The van der Waals surface area contributed by atoms with Crippen molar-refractivity contribution < 1.29 is 4.39 Å². The van der Waals surface area contributed by atoms with Crippen LogP contribution in [-0.4, -0.2) is 29.6 Å². The molecule has 0 aliphatic carbocycles. The van der Waals surface area contributed by atoms with Gasteiger partial charge in [0.2, 0.25) is 0 Å². The maximum atomic E-state index is 13.4. The van der Waals surface area contributed by atoms with Gasteiger partial charge < -0.3 is 4.57 Å². The van der Waals surface area contributed by atoms with Crippen LogP contribution >= 0.6 is 11.6 Å². The van der Waals surface area contributed by atoms with Gasteiger partial charge >= 0.3 is 0 Å². The Bertz CT molecular complexity index is 1240. The van der Waals surface area contributed by atoms with Crippen LogP contribution in [0.4, 0.5) is 4.39 Å². The Morgan fingerprint density at radius 2 is 1.69 bits per heavy atom. The molecule has 0 fully saturated rings. The number of tetrazole rings is 1. The third-order valence-corrected chi connectivity index (χ3v) is 4.50. The molecule has 26 heavy (non-hydrogen) atoms. The van der Waals surface area contributed by atoms with Gasteiger partial charge in [0.05, 0.1) is 5.39 Å². The van der Waals surface area contributed by atoms with E-state index in [1.807, 2.05) is 35.0 Å². The minimum Gasteiger partial charge on any atom is -0.301 e. The quantitative estimate of drug-likeness (QED) is 0.476. The fourth-order valence-electron chi connectivity index (χ4n) is 3.04. The van der Waals surface area contributed by atoms with Crippen LogP contribution in [0.3, 0.4) is 0 Å². The minimum absolute atomic E-state index is 0.289. The second-order valence-corrected chi connectivity index (χ2v) is 6.22. The molecule has 0 amide bonds. The Morgan fingerprint density at radius 3 is 2.46 bits per heavy atom. The highest BCUT2D eigenvalue weighted by Gasteiger charge is 2.18. The van der Waals surface area contributed by atoms with Crippen LogP contribution in [-0.2, 0) is 0 Å². The first-order valence-corrected chi connectivity index (χ1v) is 8.18. The van der Waals surface area contributed by atoms with E-state index in [4.69, 9.17) is 11.6 Å². The summed E-state index contributed by atoms with van der Waals surface area (Å²) >= 11 is 6.01. The molecule has 126 valence electrons. The van der Waals surface area contributed by atoms with E-state index >= 15 is 0 Å². The predicted octanol–water partition coefficient (Wildman–Crippen LogP) is 3.92. The molecule has 0 aliphatic rings. The van der Waals surface area contributed by atoms with Gasteiger partial charge in [0.1, 0.15) is 12.1 Å². The highest BCUT2D eigenvalue weighted by Crippen LogP contribution is 2.33. The lowest BCUT2D eigenvalue weighted by atomic mass is 10.1. The molecule has 3 heterocycles. The normalized spacial score (nSPS) is 11.5. The van der Waals surface area contributed by atoms with Crippen molar-refractivity contribution in [2.45, 2.75) is 0 Å². The highest BCUT2D eigenvalue weighted by atomic mass is 35.5. The van der Waals surface area contributed by atoms with E-state index in [2.05, 4.69) is 20.5 Å². The molecule has 0 radical (unpaired) electrons. The van der Waals surface area contributed by atoms with Crippen molar-refractivity contribution >= 4 is 28.3 Å². The summed E-state index contributed by atoms with van der Waals surface area (Å²) in [5.41, 5.74) is 3.90. The van der Waals surface area contributed by atoms with E-state index < -0.39 is 0 Å². The molecule has 3 aromatic heterocycles. The van der Waals surface area contributed by atoms with Crippen LogP contribution in [0.2, 0.25) is 5.02 Å². The zero-order valence-corrected chi connectivity index (χ0v) is 14.0. The first kappa shape index (κ1) is 15.0. The summed E-state index contributed by atoms with van der Waals surface area (Å²) in [5, 5.41) is 13.2. The first-order chi connectivity index (χ1) is 12.7. The molecule has 8 heteroatoms. The number of halogens is 2. The molecule has 0 N–H and O–H groups in total. The SMILES string of the molecule is Fc1ccc(-c2cn(-c3ccc(Cl)cc3)c3ncn4nnnc4c23)cc1. The predicted molar refractivity (Wildman–Crippen MR) is 95.8 cm³/mol. The lowest BCUT2D eigenvalue weighted by Gasteiger charge is -2.04. The molecule has 0 atom stereocenters. The van der Waals surface area contributed by atoms with Gasteiger partial charge in [-0.25, -0.2) is 9.37 Å². The third kappa shape index (κ3) is 2.25. The van der Waals surface area contributed by atoms with Gasteiger partial charge in [-0.3, -0.25) is 0 Å². The molecule has 2 aromatic carbocycles. The smallest absolute Gasteiger partial charge is 0.192 e. The van der Waals surface area contributed by atoms with Gasteiger partial charge in [-0.2, -0.15) is 4.52 Å². The van der Waals surface area contributed by atoms with Gasteiger partial charge in [0, 0.05) is 22.5 Å². The molecule has 5 aromatic rings. The molecule has 0 unspecified atom stereocenters. The van der Waals surface area contributed by atoms with Crippen molar-refractivity contribution in [3.8, 4) is 16.8 Å². The van der Waals surface area contributed by atoms with Gasteiger partial charge in [-0.05, 0) is 52.4 Å². The van der Waals surface area contributed by atoms with Crippen molar-refractivity contribution in [3.63, 3.8) is 0 Å². The van der Waals surface area contributed by atoms with Gasteiger partial charge in [0.25, 0.3) is 0 Å². The third-order valence-electron chi connectivity index (χ3n) is 4.25. The van der Waals surface area contributed by atoms with Crippen LogP contribution in [0.15, 0.2) is 61.1 Å². The fraction of sp³-hybridized carbons (Fsp3) is 0. The second-order valence-electron chi connectivity index (χ2n) is 5.79. The lowest BCUT2D eigenvalue weighted by Crippen LogP contribution is -1.96. The summed E-state index contributed by atoms with van der Waals surface area (Å²) in [4.78, 5) is 4.52. The number of benzene rings is 2. The van der Waals surface area contributed by atoms with E-state index in [1.165, 1.54) is 16.6 Å². The van der Waals surface area contributed by atoms with Crippen LogP contribution in [0.25, 0.3) is 33.5 Å². The Morgan fingerprint density at radius 1 is 0.923 bits per heavy atom. The van der Waals surface area contributed by atoms with Crippen molar-refractivity contribution in [2.24, 2.45) is 0 Å². The van der Waals surface area contributed by atoms with E-state index in [1.54, 1.807) is 18.5 Å². The van der Waals surface area contributed by atoms with E-state index in [0.717, 1.165) is 22.2 Å². The van der Waals surface area contributed by atoms with Crippen molar-refractivity contribution in [3.05, 3.63) is 71.9 Å². The van der Waals surface area contributed by atoms with E-state index in [-0.39, 0.29) is 5.82 Å². The van der Waals surface area contributed by atoms with Crippen LogP contribution in [0, 0.1) is 5.82 Å². The molecule has 0 bridgehead atoms. The molecule has 6 nitrogen and oxygen atoms in total. The molecule has 0 saturated carbocycles. The van der Waals surface area contributed by atoms with Crippen molar-refractivity contribution in [2.75, 3.05) is 0 Å². The summed E-state index contributed by atoms with van der Waals surface area (Å²) in [6.45, 7) is 0. The number of aromatic nitrogens is 6. The first-order valence-electron chi connectivity index (χ1n) is 7.80. The molecular formula is C18H10ClFN6. The standard InChI is InChI=1S/C18H10ClFN6/c19-12-3-7-14(8-4-12)25-9-15(11-1-5-13(20)6-2-11)16-17(25)21-10-26-18(16)22-23-24-26/h1-10H. The molecule has 0 saturated heterocycles. The highest BCUT2D eigenvalue weighted by molar-refractivity contribution is 6.30. The van der Waals surface area contributed by atoms with Crippen molar-refractivity contribution in [1.82, 2.24) is 29.6 Å². The molecule has 0 aliphatic heterocycles. The van der Waals surface area contributed by atoms with Crippen molar-refractivity contribution in [1.29, 1.82) is 0 Å². The van der Waals surface area contributed by atoms with Gasteiger partial charge in [-0.15, -0.1) is 5.10 Å². The Labute approximate surface area is 151 Å². The Hall–Kier alpha value is -3.32. The molecule has 5 rings (SSSR count). The van der Waals surface area contributed by atoms with Crippen LogP contribution in [0.1, 0.15) is 0 Å². The van der Waals surface area contributed by atoms with Crippen LogP contribution < -0.4 is 0 Å². The summed E-state index contributed by atoms with van der Waals surface area (Å²) in [5.74, 6) is -0.289. The summed E-state index contributed by atoms with van der Waals surface area (Å²) < 4.78 is 16.8. The minimum atomic E-state index is -0.289. The number of nitrogens with zero attached hydrogens (tertiary/aromatic N) is 6. The maximum Gasteiger partial charge on any atom is 0.192 e. The number of hydrogen-bond donors (Lipinski definition) is 0. The van der Waals surface area contributed by atoms with E-state index in [0.29, 0.717) is 16.3 Å². The monoisotopic (exact) mass is 364 g/mol. The Balaban J connectivity index is 1.87.